The number of methoxy groups -OCH3 is 1. The highest BCUT2D eigenvalue weighted by Gasteiger charge is 2.32. The summed E-state index contributed by atoms with van der Waals surface area (Å²) in [5, 5.41) is 9.45. The molecule has 1 aliphatic heterocycles. The summed E-state index contributed by atoms with van der Waals surface area (Å²) in [7, 11) is 1.65. The van der Waals surface area contributed by atoms with Crippen molar-refractivity contribution in [2.24, 2.45) is 0 Å². The first kappa shape index (κ1) is 15.2. The first-order chi connectivity index (χ1) is 11.7. The van der Waals surface area contributed by atoms with E-state index >= 15 is 0 Å². The molecule has 126 valence electrons. The Morgan fingerprint density at radius 3 is 2.67 bits per heavy atom. The zero-order valence-electron chi connectivity index (χ0n) is 13.6. The molecule has 1 aromatic carbocycles. The van der Waals surface area contributed by atoms with E-state index in [4.69, 9.17) is 9.47 Å². The maximum atomic E-state index is 9.45. The molecule has 2 aromatic rings. The van der Waals surface area contributed by atoms with Gasteiger partial charge >= 0.3 is 0 Å². The predicted octanol–water partition coefficient (Wildman–Crippen LogP) is 1.99. The minimum atomic E-state index is -0.168. The number of benzene rings is 1. The second-order valence-corrected chi connectivity index (χ2v) is 6.45. The third kappa shape index (κ3) is 3.01. The molecule has 2 aliphatic rings. The van der Waals surface area contributed by atoms with Gasteiger partial charge in [0, 0.05) is 23.7 Å². The summed E-state index contributed by atoms with van der Waals surface area (Å²) in [4.78, 5) is 10.9. The molecule has 1 saturated heterocycles. The van der Waals surface area contributed by atoms with E-state index in [1.54, 1.807) is 13.4 Å². The zero-order chi connectivity index (χ0) is 16.5. The van der Waals surface area contributed by atoms with E-state index in [9.17, 15) is 5.11 Å². The number of aromatic nitrogens is 2. The molecule has 0 amide bonds. The molecule has 1 aliphatic carbocycles. The van der Waals surface area contributed by atoms with Crippen LogP contribution in [-0.2, 0) is 0 Å². The highest BCUT2D eigenvalue weighted by molar-refractivity contribution is 5.44. The average Bonchev–Trinajstić information content (AvgIpc) is 2.55. The van der Waals surface area contributed by atoms with Gasteiger partial charge in [-0.15, -0.1) is 0 Å². The minimum Gasteiger partial charge on any atom is -0.497 e. The number of rotatable bonds is 5. The topological polar surface area (TPSA) is 67.7 Å². The van der Waals surface area contributed by atoms with Crippen LogP contribution in [0.5, 0.6) is 11.5 Å². The SMILES string of the molecule is COc1cccc(OC2CN(c3cc(C4CC(O)C4)ncn3)C2)c1. The molecule has 2 heterocycles. The van der Waals surface area contributed by atoms with E-state index < -0.39 is 0 Å². The summed E-state index contributed by atoms with van der Waals surface area (Å²) in [5.74, 6) is 2.93. The summed E-state index contributed by atoms with van der Waals surface area (Å²) >= 11 is 0. The number of aliphatic hydroxyl groups is 1. The van der Waals surface area contributed by atoms with Gasteiger partial charge in [-0.05, 0) is 25.0 Å². The van der Waals surface area contributed by atoms with Crippen molar-refractivity contribution >= 4 is 5.82 Å². The van der Waals surface area contributed by atoms with Gasteiger partial charge in [0.1, 0.15) is 29.7 Å². The quantitative estimate of drug-likeness (QED) is 0.906. The van der Waals surface area contributed by atoms with Crippen LogP contribution in [0.4, 0.5) is 5.82 Å². The molecule has 0 unspecified atom stereocenters. The molecule has 1 saturated carbocycles. The van der Waals surface area contributed by atoms with E-state index in [2.05, 4.69) is 14.9 Å². The highest BCUT2D eigenvalue weighted by atomic mass is 16.5. The molecular weight excluding hydrogens is 306 g/mol. The van der Waals surface area contributed by atoms with Crippen molar-refractivity contribution in [3.8, 4) is 11.5 Å². The third-order valence-electron chi connectivity index (χ3n) is 4.72. The van der Waals surface area contributed by atoms with Gasteiger partial charge in [-0.1, -0.05) is 6.07 Å². The van der Waals surface area contributed by atoms with Gasteiger partial charge in [0.2, 0.25) is 0 Å². The smallest absolute Gasteiger partial charge is 0.134 e. The molecule has 4 rings (SSSR count). The Morgan fingerprint density at radius 1 is 1.12 bits per heavy atom. The fourth-order valence-electron chi connectivity index (χ4n) is 3.15. The lowest BCUT2D eigenvalue weighted by Gasteiger charge is -2.40. The van der Waals surface area contributed by atoms with Gasteiger partial charge < -0.3 is 19.5 Å². The van der Waals surface area contributed by atoms with Crippen LogP contribution in [0, 0.1) is 0 Å². The summed E-state index contributed by atoms with van der Waals surface area (Å²) in [5.41, 5.74) is 1.03. The van der Waals surface area contributed by atoms with Gasteiger partial charge in [-0.25, -0.2) is 9.97 Å². The van der Waals surface area contributed by atoms with E-state index in [0.717, 1.165) is 48.9 Å². The Kier molecular flexibility index (Phi) is 3.98. The second kappa shape index (κ2) is 6.28. The Balaban J connectivity index is 1.34. The maximum Gasteiger partial charge on any atom is 0.134 e. The summed E-state index contributed by atoms with van der Waals surface area (Å²) < 4.78 is 11.2. The monoisotopic (exact) mass is 327 g/mol. The number of hydrogen-bond acceptors (Lipinski definition) is 6. The molecular formula is C18H21N3O3. The van der Waals surface area contributed by atoms with Crippen LogP contribution >= 0.6 is 0 Å². The summed E-state index contributed by atoms with van der Waals surface area (Å²) in [6, 6.07) is 9.70. The lowest BCUT2D eigenvalue weighted by molar-refractivity contribution is 0.0732. The van der Waals surface area contributed by atoms with Crippen LogP contribution in [0.2, 0.25) is 0 Å². The third-order valence-corrected chi connectivity index (χ3v) is 4.72. The molecule has 2 fully saturated rings. The zero-order valence-corrected chi connectivity index (χ0v) is 13.6. The fourth-order valence-corrected chi connectivity index (χ4v) is 3.15. The van der Waals surface area contributed by atoms with Crippen molar-refractivity contribution in [3.05, 3.63) is 42.4 Å². The van der Waals surface area contributed by atoms with Crippen LogP contribution in [0.3, 0.4) is 0 Å². The Labute approximate surface area is 141 Å². The molecule has 6 heteroatoms. The molecule has 6 nitrogen and oxygen atoms in total. The number of anilines is 1. The minimum absolute atomic E-state index is 0.154. The van der Waals surface area contributed by atoms with Crippen LogP contribution in [-0.4, -0.2) is 47.5 Å². The largest absolute Gasteiger partial charge is 0.497 e. The van der Waals surface area contributed by atoms with E-state index in [1.807, 2.05) is 30.3 Å². The van der Waals surface area contributed by atoms with Crippen LogP contribution in [0.25, 0.3) is 0 Å². The molecule has 0 bridgehead atoms. The summed E-state index contributed by atoms with van der Waals surface area (Å²) in [6.45, 7) is 1.61. The molecule has 24 heavy (non-hydrogen) atoms. The molecule has 0 atom stereocenters. The van der Waals surface area contributed by atoms with E-state index in [0.29, 0.717) is 5.92 Å². The number of nitrogens with zero attached hydrogens (tertiary/aromatic N) is 3. The number of aliphatic hydroxyl groups excluding tert-OH is 1. The first-order valence-corrected chi connectivity index (χ1v) is 8.27. The molecule has 1 N–H and O–H groups in total. The standard InChI is InChI=1S/C18H21N3O3/c1-23-14-3-2-4-15(7-14)24-16-9-21(10-16)18-8-17(19-11-20-18)12-5-13(22)6-12/h2-4,7-8,11-13,16,22H,5-6,9-10H2,1H3. The Morgan fingerprint density at radius 2 is 1.92 bits per heavy atom. The van der Waals surface area contributed by atoms with E-state index in [1.165, 1.54) is 0 Å². The summed E-state index contributed by atoms with van der Waals surface area (Å²) in [6.07, 6.45) is 3.21. The maximum absolute atomic E-state index is 9.45. The van der Waals surface area contributed by atoms with Crippen LogP contribution in [0.15, 0.2) is 36.7 Å². The molecule has 1 aromatic heterocycles. The first-order valence-electron chi connectivity index (χ1n) is 8.27. The molecule has 0 spiro atoms. The van der Waals surface area contributed by atoms with Crippen molar-refractivity contribution in [3.63, 3.8) is 0 Å². The molecule has 0 radical (unpaired) electrons. The number of ether oxygens (including phenoxy) is 2. The van der Waals surface area contributed by atoms with Crippen LogP contribution < -0.4 is 14.4 Å². The predicted molar refractivity (Wildman–Crippen MR) is 89.6 cm³/mol. The second-order valence-electron chi connectivity index (χ2n) is 6.45. The van der Waals surface area contributed by atoms with Gasteiger partial charge in [-0.2, -0.15) is 0 Å². The van der Waals surface area contributed by atoms with Crippen molar-refractivity contribution in [2.75, 3.05) is 25.1 Å². The normalized spacial score (nSPS) is 23.3. The van der Waals surface area contributed by atoms with Crippen molar-refractivity contribution in [2.45, 2.75) is 31.0 Å². The van der Waals surface area contributed by atoms with Crippen molar-refractivity contribution in [1.29, 1.82) is 0 Å². The average molecular weight is 327 g/mol. The Hall–Kier alpha value is -2.34. The van der Waals surface area contributed by atoms with Crippen molar-refractivity contribution < 1.29 is 14.6 Å². The lowest BCUT2D eigenvalue weighted by atomic mass is 9.80. The number of hydrogen-bond donors (Lipinski definition) is 1. The van der Waals surface area contributed by atoms with Gasteiger partial charge in [0.15, 0.2) is 0 Å². The van der Waals surface area contributed by atoms with Gasteiger partial charge in [0.05, 0.1) is 26.3 Å². The van der Waals surface area contributed by atoms with Gasteiger partial charge in [-0.3, -0.25) is 0 Å². The van der Waals surface area contributed by atoms with E-state index in [-0.39, 0.29) is 12.2 Å². The van der Waals surface area contributed by atoms with Crippen LogP contribution in [0.1, 0.15) is 24.5 Å². The lowest BCUT2D eigenvalue weighted by Crippen LogP contribution is -2.54. The van der Waals surface area contributed by atoms with Crippen molar-refractivity contribution in [1.82, 2.24) is 9.97 Å². The fraction of sp³-hybridized carbons (Fsp3) is 0.444. The highest BCUT2D eigenvalue weighted by Crippen LogP contribution is 2.36. The van der Waals surface area contributed by atoms with Gasteiger partial charge in [0.25, 0.3) is 0 Å². The Bertz CT molecular complexity index is 712.